The topological polar surface area (TPSA) is 86.0 Å². The van der Waals surface area contributed by atoms with Crippen molar-refractivity contribution in [1.82, 2.24) is 19.7 Å². The van der Waals surface area contributed by atoms with Gasteiger partial charge in [-0.1, -0.05) is 43.6 Å². The quantitative estimate of drug-likeness (QED) is 0.651. The Labute approximate surface area is 176 Å². The molecule has 0 bridgehead atoms. The summed E-state index contributed by atoms with van der Waals surface area (Å²) in [5.41, 5.74) is -1.38. The summed E-state index contributed by atoms with van der Waals surface area (Å²) in [5.74, 6) is -1.04. The highest BCUT2D eigenvalue weighted by Gasteiger charge is 2.20. The van der Waals surface area contributed by atoms with Crippen molar-refractivity contribution in [1.29, 1.82) is 0 Å². The molecule has 0 saturated carbocycles. The minimum absolute atomic E-state index is 0.155. The fourth-order valence-electron chi connectivity index (χ4n) is 2.77. The van der Waals surface area contributed by atoms with E-state index in [9.17, 15) is 18.8 Å². The number of amides is 1. The summed E-state index contributed by atoms with van der Waals surface area (Å²) < 4.78 is 15.4. The van der Waals surface area contributed by atoms with Crippen LogP contribution in [0.15, 0.2) is 58.1 Å². The van der Waals surface area contributed by atoms with Gasteiger partial charge in [0.15, 0.2) is 0 Å². The molecule has 0 fully saturated rings. The van der Waals surface area contributed by atoms with Gasteiger partial charge < -0.3 is 5.32 Å². The molecule has 1 amide bonds. The zero-order valence-electron chi connectivity index (χ0n) is 16.4. The third-order valence-corrected chi connectivity index (χ3v) is 4.46. The number of nitrogens with one attached hydrogen (secondary N) is 1. The van der Waals surface area contributed by atoms with Crippen LogP contribution in [0.2, 0.25) is 5.02 Å². The predicted octanol–water partition coefficient (Wildman–Crippen LogP) is 2.62. The molecule has 2 aromatic carbocycles. The smallest absolute Gasteiger partial charge is 0.350 e. The first kappa shape index (κ1) is 21.4. The van der Waals surface area contributed by atoms with E-state index in [1.165, 1.54) is 24.3 Å². The van der Waals surface area contributed by atoms with Gasteiger partial charge in [0.2, 0.25) is 5.69 Å². The minimum Gasteiger partial charge on any atom is -0.350 e. The van der Waals surface area contributed by atoms with Gasteiger partial charge in [-0.25, -0.2) is 9.18 Å². The molecule has 0 atom stereocenters. The number of hydrogen-bond donors (Lipinski definition) is 1. The third-order valence-electron chi connectivity index (χ3n) is 4.23. The molecule has 30 heavy (non-hydrogen) atoms. The lowest BCUT2D eigenvalue weighted by molar-refractivity contribution is 0.0939. The maximum Gasteiger partial charge on any atom is 0.352 e. The van der Waals surface area contributed by atoms with Crippen LogP contribution in [0.4, 0.5) is 4.39 Å². The molecule has 3 rings (SSSR count). The van der Waals surface area contributed by atoms with Gasteiger partial charge in [-0.3, -0.25) is 14.2 Å². The van der Waals surface area contributed by atoms with Gasteiger partial charge in [-0.15, -0.1) is 0 Å². The number of halogens is 2. The molecular formula is C21H20ClFN4O3. The Morgan fingerprint density at radius 3 is 2.57 bits per heavy atom. The molecule has 0 aliphatic heterocycles. The lowest BCUT2D eigenvalue weighted by Crippen LogP contribution is -2.46. The molecule has 1 aromatic heterocycles. The zero-order chi connectivity index (χ0) is 21.8. The number of carbonyl (C=O) groups is 1. The molecule has 9 heteroatoms. The molecule has 0 radical (unpaired) electrons. The van der Waals surface area contributed by atoms with E-state index in [4.69, 9.17) is 11.6 Å². The molecule has 0 aliphatic carbocycles. The summed E-state index contributed by atoms with van der Waals surface area (Å²) in [6, 6.07) is 11.8. The molecule has 1 N–H and O–H groups in total. The Bertz CT molecular complexity index is 1200. The molecule has 0 spiro atoms. The fraction of sp³-hybridized carbons (Fsp3) is 0.238. The van der Waals surface area contributed by atoms with E-state index in [1.807, 2.05) is 13.8 Å². The van der Waals surface area contributed by atoms with Crippen molar-refractivity contribution < 1.29 is 9.18 Å². The van der Waals surface area contributed by atoms with E-state index in [1.54, 1.807) is 24.3 Å². The van der Waals surface area contributed by atoms with Gasteiger partial charge in [0.25, 0.3) is 11.5 Å². The van der Waals surface area contributed by atoms with Crippen LogP contribution in [-0.4, -0.2) is 26.8 Å². The Kier molecular flexibility index (Phi) is 6.47. The molecule has 0 aliphatic rings. The third kappa shape index (κ3) is 4.83. The summed E-state index contributed by atoms with van der Waals surface area (Å²) >= 11 is 6.02. The minimum atomic E-state index is -0.858. The number of carbonyl (C=O) groups excluding carboxylic acids is 1. The Morgan fingerprint density at radius 2 is 1.90 bits per heavy atom. The summed E-state index contributed by atoms with van der Waals surface area (Å²) in [4.78, 5) is 38.6. The van der Waals surface area contributed by atoms with Crippen molar-refractivity contribution in [3.05, 3.63) is 91.5 Å². The molecular weight excluding hydrogens is 411 g/mol. The van der Waals surface area contributed by atoms with Crippen LogP contribution in [0.1, 0.15) is 29.9 Å². The van der Waals surface area contributed by atoms with Crippen LogP contribution in [0, 0.1) is 11.7 Å². The Hall–Kier alpha value is -3.26. The van der Waals surface area contributed by atoms with E-state index in [-0.39, 0.29) is 12.5 Å². The maximum absolute atomic E-state index is 13.6. The van der Waals surface area contributed by atoms with E-state index in [0.29, 0.717) is 22.8 Å². The largest absolute Gasteiger partial charge is 0.352 e. The van der Waals surface area contributed by atoms with Crippen molar-refractivity contribution in [2.75, 3.05) is 6.54 Å². The normalized spacial score (nSPS) is 11.0. The van der Waals surface area contributed by atoms with Gasteiger partial charge >= 0.3 is 5.69 Å². The summed E-state index contributed by atoms with van der Waals surface area (Å²) in [7, 11) is 0. The summed E-state index contributed by atoms with van der Waals surface area (Å²) in [6.07, 6.45) is 0. The number of aromatic nitrogens is 3. The highest BCUT2D eigenvalue weighted by atomic mass is 35.5. The first-order valence-electron chi connectivity index (χ1n) is 9.29. The highest BCUT2D eigenvalue weighted by molar-refractivity contribution is 6.30. The molecule has 0 unspecified atom stereocenters. The maximum atomic E-state index is 13.6. The second-order valence-electron chi connectivity index (χ2n) is 7.15. The fourth-order valence-corrected chi connectivity index (χ4v) is 2.96. The highest BCUT2D eigenvalue weighted by Crippen LogP contribution is 2.12. The molecule has 0 saturated heterocycles. The van der Waals surface area contributed by atoms with Crippen LogP contribution in [-0.2, 0) is 6.54 Å². The standard InChI is InChI=1S/C21H20ClFN4O3/c1-13(2)11-24-19(28)18-20(29)26(12-14-5-3-7-16(23)9-14)21(30)27(25-18)17-8-4-6-15(22)10-17/h3-10,13H,11-12H2,1-2H3,(H,24,28). The zero-order valence-corrected chi connectivity index (χ0v) is 17.2. The van der Waals surface area contributed by atoms with Crippen molar-refractivity contribution in [2.24, 2.45) is 5.92 Å². The molecule has 7 nitrogen and oxygen atoms in total. The van der Waals surface area contributed by atoms with Crippen LogP contribution >= 0.6 is 11.6 Å². The van der Waals surface area contributed by atoms with Crippen molar-refractivity contribution in [2.45, 2.75) is 20.4 Å². The number of benzene rings is 2. The number of nitrogens with zero attached hydrogens (tertiary/aromatic N) is 3. The van der Waals surface area contributed by atoms with E-state index >= 15 is 0 Å². The van der Waals surface area contributed by atoms with Gasteiger partial charge in [-0.05, 0) is 41.8 Å². The van der Waals surface area contributed by atoms with Gasteiger partial charge in [0, 0.05) is 11.6 Å². The monoisotopic (exact) mass is 430 g/mol. The Morgan fingerprint density at radius 1 is 1.17 bits per heavy atom. The van der Waals surface area contributed by atoms with E-state index in [0.717, 1.165) is 9.25 Å². The van der Waals surface area contributed by atoms with Crippen LogP contribution in [0.3, 0.4) is 0 Å². The van der Waals surface area contributed by atoms with Crippen LogP contribution in [0.5, 0.6) is 0 Å². The van der Waals surface area contributed by atoms with E-state index < -0.39 is 28.7 Å². The number of hydrogen-bond acceptors (Lipinski definition) is 4. The second kappa shape index (κ2) is 9.04. The SMILES string of the molecule is CC(C)CNC(=O)c1nn(-c2cccc(Cl)c2)c(=O)n(Cc2cccc(F)c2)c1=O. The van der Waals surface area contributed by atoms with E-state index in [2.05, 4.69) is 10.4 Å². The summed E-state index contributed by atoms with van der Waals surface area (Å²) in [6.45, 7) is 3.93. The average Bonchev–Trinajstić information content (AvgIpc) is 2.69. The van der Waals surface area contributed by atoms with Crippen LogP contribution in [0.25, 0.3) is 5.69 Å². The van der Waals surface area contributed by atoms with Crippen molar-refractivity contribution in [3.63, 3.8) is 0 Å². The summed E-state index contributed by atoms with van der Waals surface area (Å²) in [5, 5.41) is 7.00. The van der Waals surface area contributed by atoms with Gasteiger partial charge in [0.05, 0.1) is 12.2 Å². The molecule has 3 aromatic rings. The lowest BCUT2D eigenvalue weighted by Gasteiger charge is -2.13. The predicted molar refractivity (Wildman–Crippen MR) is 112 cm³/mol. The van der Waals surface area contributed by atoms with Crippen LogP contribution < -0.4 is 16.6 Å². The molecule has 156 valence electrons. The first-order valence-corrected chi connectivity index (χ1v) is 9.67. The van der Waals surface area contributed by atoms with Crippen molar-refractivity contribution >= 4 is 17.5 Å². The first-order chi connectivity index (χ1) is 14.3. The van der Waals surface area contributed by atoms with Gasteiger partial charge in [-0.2, -0.15) is 9.78 Å². The van der Waals surface area contributed by atoms with Crippen molar-refractivity contribution in [3.8, 4) is 5.69 Å². The average molecular weight is 431 g/mol. The van der Waals surface area contributed by atoms with Gasteiger partial charge in [0.1, 0.15) is 5.82 Å². The Balaban J connectivity index is 2.17. The number of rotatable bonds is 6. The second-order valence-corrected chi connectivity index (χ2v) is 7.58. The molecule has 1 heterocycles. The lowest BCUT2D eigenvalue weighted by atomic mass is 10.2.